The first-order valence-corrected chi connectivity index (χ1v) is 12.4. The summed E-state index contributed by atoms with van der Waals surface area (Å²) in [6.45, 7) is 0. The van der Waals surface area contributed by atoms with Gasteiger partial charge in [-0.2, -0.15) is 0 Å². The van der Waals surface area contributed by atoms with E-state index >= 15 is 0 Å². The van der Waals surface area contributed by atoms with Crippen molar-refractivity contribution in [1.29, 1.82) is 0 Å². The van der Waals surface area contributed by atoms with E-state index in [4.69, 9.17) is 15.0 Å². The largest absolute Gasteiger partial charge is 0.265 e. The summed E-state index contributed by atoms with van der Waals surface area (Å²) in [6.07, 6.45) is 10.7. The normalized spacial score (nSPS) is 10.8. The van der Waals surface area contributed by atoms with Gasteiger partial charge in [0.1, 0.15) is 0 Å². The van der Waals surface area contributed by atoms with Crippen molar-refractivity contribution >= 4 is 15.9 Å². The number of rotatable bonds is 5. The Morgan fingerprint density at radius 3 is 1.59 bits per heavy atom. The van der Waals surface area contributed by atoms with Crippen molar-refractivity contribution in [2.24, 2.45) is 0 Å². The van der Waals surface area contributed by atoms with Crippen LogP contribution in [0, 0.1) is 0 Å². The Labute approximate surface area is 222 Å². The van der Waals surface area contributed by atoms with Gasteiger partial charge in [-0.15, -0.1) is 0 Å². The SMILES string of the molecule is Brc1cc(-c2cccnc2)cc(-c2nc(-c3ccc(-c4ccncc4)cc3)nc(-c3cccnc3)n2)c1. The fourth-order valence-electron chi connectivity index (χ4n) is 4.03. The summed E-state index contributed by atoms with van der Waals surface area (Å²) in [4.78, 5) is 27.2. The molecule has 0 saturated carbocycles. The number of hydrogen-bond acceptors (Lipinski definition) is 6. The van der Waals surface area contributed by atoms with Gasteiger partial charge in [-0.1, -0.05) is 46.3 Å². The molecule has 0 fully saturated rings. The number of hydrogen-bond donors (Lipinski definition) is 0. The smallest absolute Gasteiger partial charge is 0.165 e. The van der Waals surface area contributed by atoms with Crippen LogP contribution < -0.4 is 0 Å². The maximum Gasteiger partial charge on any atom is 0.165 e. The summed E-state index contributed by atoms with van der Waals surface area (Å²) in [5.41, 5.74) is 6.82. The molecule has 176 valence electrons. The standard InChI is InChI=1S/C30H19BrN6/c31-27-16-25(23-3-1-11-33-18-23)15-26(17-27)30-36-28(35-29(37-30)24-4-2-12-34-19-24)22-7-5-20(6-8-22)21-9-13-32-14-10-21/h1-19H. The van der Waals surface area contributed by atoms with Gasteiger partial charge in [0.05, 0.1) is 0 Å². The van der Waals surface area contributed by atoms with Crippen LogP contribution in [0.3, 0.4) is 0 Å². The second-order valence-corrected chi connectivity index (χ2v) is 9.25. The van der Waals surface area contributed by atoms with Crippen LogP contribution in [0.2, 0.25) is 0 Å². The molecule has 0 aliphatic heterocycles. The van der Waals surface area contributed by atoms with Crippen LogP contribution in [-0.2, 0) is 0 Å². The Bertz CT molecular complexity index is 1660. The number of nitrogens with zero attached hydrogens (tertiary/aromatic N) is 6. The van der Waals surface area contributed by atoms with E-state index < -0.39 is 0 Å². The van der Waals surface area contributed by atoms with E-state index in [9.17, 15) is 0 Å². The maximum absolute atomic E-state index is 4.89. The predicted molar refractivity (Wildman–Crippen MR) is 148 cm³/mol. The van der Waals surface area contributed by atoms with Crippen molar-refractivity contribution in [3.05, 3.63) is 121 Å². The van der Waals surface area contributed by atoms with Gasteiger partial charge in [-0.25, -0.2) is 15.0 Å². The summed E-state index contributed by atoms with van der Waals surface area (Å²) >= 11 is 3.66. The summed E-state index contributed by atoms with van der Waals surface area (Å²) in [5, 5.41) is 0. The average molecular weight is 543 g/mol. The molecule has 6 nitrogen and oxygen atoms in total. The highest BCUT2D eigenvalue weighted by molar-refractivity contribution is 9.10. The molecule has 6 rings (SSSR count). The molecule has 0 bridgehead atoms. The third-order valence-electron chi connectivity index (χ3n) is 5.86. The van der Waals surface area contributed by atoms with Gasteiger partial charge in [-0.3, -0.25) is 15.0 Å². The van der Waals surface area contributed by atoms with E-state index in [2.05, 4.69) is 55.1 Å². The van der Waals surface area contributed by atoms with Crippen LogP contribution >= 0.6 is 15.9 Å². The van der Waals surface area contributed by atoms with Crippen LogP contribution in [0.1, 0.15) is 0 Å². The zero-order valence-corrected chi connectivity index (χ0v) is 21.1. The van der Waals surface area contributed by atoms with Crippen molar-refractivity contribution in [2.45, 2.75) is 0 Å². The van der Waals surface area contributed by atoms with Crippen molar-refractivity contribution in [2.75, 3.05) is 0 Å². The maximum atomic E-state index is 4.89. The van der Waals surface area contributed by atoms with E-state index in [-0.39, 0.29) is 0 Å². The van der Waals surface area contributed by atoms with Crippen LogP contribution in [0.4, 0.5) is 0 Å². The highest BCUT2D eigenvalue weighted by atomic mass is 79.9. The predicted octanol–water partition coefficient (Wildman–Crippen LogP) is 7.15. The van der Waals surface area contributed by atoms with Crippen molar-refractivity contribution in [1.82, 2.24) is 29.9 Å². The molecule has 0 aliphatic rings. The Morgan fingerprint density at radius 1 is 0.405 bits per heavy atom. The minimum absolute atomic E-state index is 0.564. The first-order valence-electron chi connectivity index (χ1n) is 11.6. The summed E-state index contributed by atoms with van der Waals surface area (Å²) in [7, 11) is 0. The molecule has 0 radical (unpaired) electrons. The summed E-state index contributed by atoms with van der Waals surface area (Å²) in [6, 6.07) is 26.1. The molecule has 0 N–H and O–H groups in total. The molecule has 0 amide bonds. The molecule has 4 aromatic heterocycles. The molecule has 7 heteroatoms. The van der Waals surface area contributed by atoms with E-state index in [0.29, 0.717) is 17.5 Å². The number of benzene rings is 2. The Hall–Kier alpha value is -4.62. The Balaban J connectivity index is 1.47. The summed E-state index contributed by atoms with van der Waals surface area (Å²) < 4.78 is 0.926. The third kappa shape index (κ3) is 5.03. The zero-order valence-electron chi connectivity index (χ0n) is 19.5. The van der Waals surface area contributed by atoms with Gasteiger partial charge >= 0.3 is 0 Å². The van der Waals surface area contributed by atoms with Crippen LogP contribution in [0.25, 0.3) is 56.4 Å². The quantitative estimate of drug-likeness (QED) is 0.230. The topological polar surface area (TPSA) is 77.3 Å². The molecule has 37 heavy (non-hydrogen) atoms. The van der Waals surface area contributed by atoms with E-state index in [1.807, 2.05) is 60.8 Å². The fourth-order valence-corrected chi connectivity index (χ4v) is 4.53. The number of halogens is 1. The lowest BCUT2D eigenvalue weighted by Gasteiger charge is -2.10. The number of aromatic nitrogens is 6. The monoisotopic (exact) mass is 542 g/mol. The fraction of sp³-hybridized carbons (Fsp3) is 0. The molecule has 0 spiro atoms. The highest BCUT2D eigenvalue weighted by Gasteiger charge is 2.14. The molecular formula is C30H19BrN6. The lowest BCUT2D eigenvalue weighted by atomic mass is 10.0. The van der Waals surface area contributed by atoms with Gasteiger partial charge in [0.2, 0.25) is 0 Å². The Morgan fingerprint density at radius 2 is 0.946 bits per heavy atom. The second kappa shape index (κ2) is 10.2. The van der Waals surface area contributed by atoms with Crippen molar-refractivity contribution in [3.8, 4) is 56.4 Å². The van der Waals surface area contributed by atoms with Gasteiger partial charge in [0.15, 0.2) is 17.5 Å². The lowest BCUT2D eigenvalue weighted by Crippen LogP contribution is -2.00. The van der Waals surface area contributed by atoms with Gasteiger partial charge in [-0.05, 0) is 65.2 Å². The van der Waals surface area contributed by atoms with Crippen LogP contribution in [0.15, 0.2) is 121 Å². The second-order valence-electron chi connectivity index (χ2n) is 8.33. The van der Waals surface area contributed by atoms with Gasteiger partial charge < -0.3 is 0 Å². The van der Waals surface area contributed by atoms with Crippen molar-refractivity contribution < 1.29 is 0 Å². The highest BCUT2D eigenvalue weighted by Crippen LogP contribution is 2.31. The minimum atomic E-state index is 0.564. The lowest BCUT2D eigenvalue weighted by molar-refractivity contribution is 1.07. The van der Waals surface area contributed by atoms with Crippen LogP contribution in [0.5, 0.6) is 0 Å². The molecule has 0 saturated heterocycles. The van der Waals surface area contributed by atoms with E-state index in [1.165, 1.54) is 0 Å². The van der Waals surface area contributed by atoms with Gasteiger partial charge in [0, 0.05) is 63.9 Å². The first-order chi connectivity index (χ1) is 18.2. The van der Waals surface area contributed by atoms with E-state index in [0.717, 1.165) is 43.4 Å². The molecule has 0 atom stereocenters. The average Bonchev–Trinajstić information content (AvgIpc) is 2.98. The van der Waals surface area contributed by atoms with Crippen molar-refractivity contribution in [3.63, 3.8) is 0 Å². The minimum Gasteiger partial charge on any atom is -0.265 e. The molecule has 4 heterocycles. The molecule has 0 unspecified atom stereocenters. The molecular weight excluding hydrogens is 524 g/mol. The van der Waals surface area contributed by atoms with Crippen LogP contribution in [-0.4, -0.2) is 29.9 Å². The van der Waals surface area contributed by atoms with Gasteiger partial charge in [0.25, 0.3) is 0 Å². The third-order valence-corrected chi connectivity index (χ3v) is 6.32. The zero-order chi connectivity index (χ0) is 25.0. The number of pyridine rings is 3. The van der Waals surface area contributed by atoms with E-state index in [1.54, 1.807) is 31.0 Å². The molecule has 0 aliphatic carbocycles. The first kappa shape index (κ1) is 22.8. The molecule has 2 aromatic carbocycles. The Kier molecular flexibility index (Phi) is 6.27. The molecule has 6 aromatic rings. The summed E-state index contributed by atoms with van der Waals surface area (Å²) in [5.74, 6) is 1.73.